The molecule has 4 rings (SSSR count). The van der Waals surface area contributed by atoms with E-state index in [1.165, 1.54) is 0 Å². The molecule has 0 spiro atoms. The van der Waals surface area contributed by atoms with E-state index in [0.717, 1.165) is 55.4 Å². The predicted molar refractivity (Wildman–Crippen MR) is 101 cm³/mol. The molecule has 0 unspecified atom stereocenters. The van der Waals surface area contributed by atoms with Crippen LogP contribution in [0.5, 0.6) is 0 Å². The molecule has 6 heteroatoms. The molecule has 0 bridgehead atoms. The largest absolute Gasteiger partial charge is 0.353 e. The van der Waals surface area contributed by atoms with Crippen LogP contribution < -0.4 is 10.6 Å². The Labute approximate surface area is 153 Å². The lowest BCUT2D eigenvalue weighted by Crippen LogP contribution is -2.46. The lowest BCUT2D eigenvalue weighted by Gasteiger charge is -2.31. The summed E-state index contributed by atoms with van der Waals surface area (Å²) in [7, 11) is 0. The fourth-order valence-corrected chi connectivity index (χ4v) is 3.51. The number of pyridine rings is 1. The Kier molecular flexibility index (Phi) is 4.84. The first-order valence-corrected chi connectivity index (χ1v) is 9.35. The number of likely N-dealkylation sites (tertiary alicyclic amines) is 1. The van der Waals surface area contributed by atoms with Crippen LogP contribution >= 0.6 is 0 Å². The molecule has 2 heterocycles. The Balaban J connectivity index is 1.28. The van der Waals surface area contributed by atoms with E-state index in [4.69, 9.17) is 0 Å². The summed E-state index contributed by atoms with van der Waals surface area (Å²) in [6.45, 7) is 2.04. The van der Waals surface area contributed by atoms with E-state index in [2.05, 4.69) is 20.5 Å². The summed E-state index contributed by atoms with van der Waals surface area (Å²) in [6, 6.07) is 9.84. The maximum Gasteiger partial charge on any atom is 0.238 e. The summed E-state index contributed by atoms with van der Waals surface area (Å²) in [6.07, 6.45) is 5.64. The molecule has 0 atom stereocenters. The highest BCUT2D eigenvalue weighted by Crippen LogP contribution is 2.29. The molecule has 1 saturated carbocycles. The normalized spacial score (nSPS) is 18.6. The third-order valence-corrected chi connectivity index (χ3v) is 5.17. The number of fused-ring (bicyclic) bond motifs is 1. The number of rotatable bonds is 5. The topological polar surface area (TPSA) is 74.3 Å². The molecule has 26 heavy (non-hydrogen) atoms. The summed E-state index contributed by atoms with van der Waals surface area (Å²) < 4.78 is 0. The molecule has 2 aromatic rings. The van der Waals surface area contributed by atoms with Crippen molar-refractivity contribution < 1.29 is 9.59 Å². The van der Waals surface area contributed by atoms with E-state index in [1.54, 1.807) is 6.20 Å². The molecular weight excluding hydrogens is 328 g/mol. The number of nitrogens with one attached hydrogen (secondary N) is 2. The zero-order valence-electron chi connectivity index (χ0n) is 14.8. The molecule has 2 aliphatic rings. The van der Waals surface area contributed by atoms with Crippen LogP contribution in [0.25, 0.3) is 10.9 Å². The number of piperidine rings is 1. The fourth-order valence-electron chi connectivity index (χ4n) is 3.51. The van der Waals surface area contributed by atoms with Crippen LogP contribution in [-0.4, -0.2) is 47.4 Å². The molecule has 1 aromatic carbocycles. The summed E-state index contributed by atoms with van der Waals surface area (Å²) >= 11 is 0. The first-order valence-electron chi connectivity index (χ1n) is 9.35. The highest BCUT2D eigenvalue weighted by Gasteiger charge is 2.31. The van der Waals surface area contributed by atoms with Crippen LogP contribution in [0.3, 0.4) is 0 Å². The van der Waals surface area contributed by atoms with E-state index in [9.17, 15) is 9.59 Å². The van der Waals surface area contributed by atoms with Gasteiger partial charge in [0.25, 0.3) is 0 Å². The van der Waals surface area contributed by atoms with Crippen molar-refractivity contribution in [1.82, 2.24) is 15.2 Å². The molecule has 2 amide bonds. The first-order chi connectivity index (χ1) is 12.7. The molecular formula is C20H24N4O2. The van der Waals surface area contributed by atoms with Gasteiger partial charge in [-0.1, -0.05) is 6.07 Å². The van der Waals surface area contributed by atoms with E-state index >= 15 is 0 Å². The Hall–Kier alpha value is -2.47. The molecule has 1 saturated heterocycles. The summed E-state index contributed by atoms with van der Waals surface area (Å²) in [5, 5.41) is 7.10. The number of anilines is 1. The molecule has 0 radical (unpaired) electrons. The van der Waals surface area contributed by atoms with Gasteiger partial charge in [0.15, 0.2) is 0 Å². The van der Waals surface area contributed by atoms with Crippen LogP contribution in [0.2, 0.25) is 0 Å². The summed E-state index contributed by atoms with van der Waals surface area (Å²) in [4.78, 5) is 30.8. The lowest BCUT2D eigenvalue weighted by atomic mass is 10.0. The molecule has 136 valence electrons. The maximum absolute atomic E-state index is 12.4. The van der Waals surface area contributed by atoms with E-state index in [1.807, 2.05) is 30.3 Å². The molecule has 1 aromatic heterocycles. The van der Waals surface area contributed by atoms with Gasteiger partial charge in [0.2, 0.25) is 11.8 Å². The van der Waals surface area contributed by atoms with Gasteiger partial charge in [-0.15, -0.1) is 0 Å². The van der Waals surface area contributed by atoms with E-state index in [0.29, 0.717) is 6.54 Å². The van der Waals surface area contributed by atoms with Crippen LogP contribution in [0.15, 0.2) is 36.5 Å². The lowest BCUT2D eigenvalue weighted by molar-refractivity contribution is -0.123. The SMILES string of the molecule is O=C(CN1CCC(NC(=O)C2CC2)CC1)Nc1cccc2ncccc12. The number of carbonyl (C=O) groups is 2. The average Bonchev–Trinajstić information content (AvgIpc) is 3.49. The Morgan fingerprint density at radius 3 is 2.65 bits per heavy atom. The van der Waals surface area contributed by atoms with Crippen molar-refractivity contribution in [2.24, 2.45) is 5.92 Å². The van der Waals surface area contributed by atoms with Crippen LogP contribution in [0.1, 0.15) is 25.7 Å². The fraction of sp³-hybridized carbons (Fsp3) is 0.450. The smallest absolute Gasteiger partial charge is 0.238 e. The third-order valence-electron chi connectivity index (χ3n) is 5.17. The van der Waals surface area contributed by atoms with Gasteiger partial charge < -0.3 is 10.6 Å². The van der Waals surface area contributed by atoms with Crippen LogP contribution in [0.4, 0.5) is 5.69 Å². The highest BCUT2D eigenvalue weighted by molar-refractivity contribution is 6.01. The summed E-state index contributed by atoms with van der Waals surface area (Å²) in [5.74, 6) is 0.460. The quantitative estimate of drug-likeness (QED) is 0.865. The van der Waals surface area contributed by atoms with Crippen LogP contribution in [-0.2, 0) is 9.59 Å². The minimum Gasteiger partial charge on any atom is -0.353 e. The van der Waals surface area contributed by atoms with Crippen molar-refractivity contribution in [1.29, 1.82) is 0 Å². The highest BCUT2D eigenvalue weighted by atomic mass is 16.2. The minimum atomic E-state index is -0.0122. The second-order valence-electron chi connectivity index (χ2n) is 7.26. The number of nitrogens with zero attached hydrogens (tertiary/aromatic N) is 2. The maximum atomic E-state index is 12.4. The number of aromatic nitrogens is 1. The average molecular weight is 352 g/mol. The zero-order valence-corrected chi connectivity index (χ0v) is 14.8. The molecule has 6 nitrogen and oxygen atoms in total. The van der Waals surface area contributed by atoms with Crippen molar-refractivity contribution in [3.63, 3.8) is 0 Å². The minimum absolute atomic E-state index is 0.0122. The van der Waals surface area contributed by atoms with Gasteiger partial charge in [-0.2, -0.15) is 0 Å². The Bertz CT molecular complexity index is 805. The van der Waals surface area contributed by atoms with E-state index < -0.39 is 0 Å². The van der Waals surface area contributed by atoms with Gasteiger partial charge in [0, 0.05) is 36.6 Å². The number of amides is 2. The van der Waals surface area contributed by atoms with Crippen LogP contribution in [0, 0.1) is 5.92 Å². The van der Waals surface area contributed by atoms with Gasteiger partial charge in [0.1, 0.15) is 0 Å². The number of carbonyl (C=O) groups excluding carboxylic acids is 2. The number of benzene rings is 1. The summed E-state index contributed by atoms with van der Waals surface area (Å²) in [5.41, 5.74) is 1.67. The second kappa shape index (κ2) is 7.41. The van der Waals surface area contributed by atoms with Crippen molar-refractivity contribution in [2.45, 2.75) is 31.7 Å². The van der Waals surface area contributed by atoms with Gasteiger partial charge in [-0.25, -0.2) is 0 Å². The Morgan fingerprint density at radius 2 is 1.88 bits per heavy atom. The Morgan fingerprint density at radius 1 is 1.08 bits per heavy atom. The number of hydrogen-bond acceptors (Lipinski definition) is 4. The molecule has 2 N–H and O–H groups in total. The van der Waals surface area contributed by atoms with Crippen molar-refractivity contribution in [3.8, 4) is 0 Å². The van der Waals surface area contributed by atoms with Gasteiger partial charge in [0.05, 0.1) is 17.7 Å². The first kappa shape index (κ1) is 17.0. The number of hydrogen-bond donors (Lipinski definition) is 2. The van der Waals surface area contributed by atoms with Crippen molar-refractivity contribution in [2.75, 3.05) is 25.0 Å². The van der Waals surface area contributed by atoms with E-state index in [-0.39, 0.29) is 23.8 Å². The van der Waals surface area contributed by atoms with Gasteiger partial charge in [-0.05, 0) is 49.9 Å². The van der Waals surface area contributed by atoms with Crippen molar-refractivity contribution >= 4 is 28.4 Å². The molecule has 1 aliphatic heterocycles. The molecule has 2 fully saturated rings. The third kappa shape index (κ3) is 4.02. The standard InChI is InChI=1S/C20H24N4O2/c25-19(23-18-5-1-4-17-16(18)3-2-10-21-17)13-24-11-8-15(9-12-24)22-20(26)14-6-7-14/h1-5,10,14-15H,6-9,11-13H2,(H,22,26)(H,23,25). The molecule has 1 aliphatic carbocycles. The predicted octanol–water partition coefficient (Wildman–Crippen LogP) is 2.16. The van der Waals surface area contributed by atoms with Gasteiger partial charge >= 0.3 is 0 Å². The zero-order chi connectivity index (χ0) is 17.9. The van der Waals surface area contributed by atoms with Gasteiger partial charge in [-0.3, -0.25) is 19.5 Å². The monoisotopic (exact) mass is 352 g/mol. The second-order valence-corrected chi connectivity index (χ2v) is 7.26. The van der Waals surface area contributed by atoms with Crippen molar-refractivity contribution in [3.05, 3.63) is 36.5 Å².